The van der Waals surface area contributed by atoms with E-state index in [4.69, 9.17) is 9.47 Å². The van der Waals surface area contributed by atoms with E-state index in [9.17, 15) is 18.0 Å². The summed E-state index contributed by atoms with van der Waals surface area (Å²) in [5, 5.41) is 12.3. The molecule has 3 aromatic heterocycles. The van der Waals surface area contributed by atoms with Gasteiger partial charge in [-0.25, -0.2) is 23.2 Å². The molecule has 2 saturated heterocycles. The molecule has 3 atom stereocenters. The minimum atomic E-state index is -3.02. The summed E-state index contributed by atoms with van der Waals surface area (Å²) < 4.78 is 56.6. The van der Waals surface area contributed by atoms with Gasteiger partial charge in [0.05, 0.1) is 21.6 Å². The summed E-state index contributed by atoms with van der Waals surface area (Å²) in [5.74, 6) is -3.40. The summed E-state index contributed by atoms with van der Waals surface area (Å²) in [6, 6.07) is 6.28. The maximum Gasteiger partial charge on any atom is 0.411 e. The maximum absolute atomic E-state index is 14.8. The Morgan fingerprint density at radius 2 is 1.95 bits per heavy atom. The van der Waals surface area contributed by atoms with Crippen LogP contribution in [0.2, 0.25) is 0 Å². The molecule has 3 unspecified atom stereocenters. The van der Waals surface area contributed by atoms with Gasteiger partial charge in [-0.3, -0.25) is 4.90 Å². The van der Waals surface area contributed by atoms with Crippen LogP contribution in [-0.4, -0.2) is 65.7 Å². The second kappa shape index (κ2) is 9.18. The lowest BCUT2D eigenvalue weighted by molar-refractivity contribution is -0.0609. The first-order chi connectivity index (χ1) is 18.5. The van der Waals surface area contributed by atoms with Gasteiger partial charge in [-0.15, -0.1) is 26.6 Å². The smallest absolute Gasteiger partial charge is 0.411 e. The Labute approximate surface area is 225 Å². The molecular weight excluding hydrogens is 533 g/mol. The molecule has 204 valence electrons. The fourth-order valence-electron chi connectivity index (χ4n) is 5.28. The van der Waals surface area contributed by atoms with Gasteiger partial charge in [0.2, 0.25) is 11.8 Å². The Morgan fingerprint density at radius 1 is 1.13 bits per heavy atom. The van der Waals surface area contributed by atoms with E-state index in [-0.39, 0.29) is 18.7 Å². The third kappa shape index (κ3) is 4.79. The predicted molar refractivity (Wildman–Crippen MR) is 137 cm³/mol. The summed E-state index contributed by atoms with van der Waals surface area (Å²) >= 11 is 1.41. The van der Waals surface area contributed by atoms with E-state index in [0.717, 1.165) is 10.3 Å². The molecule has 0 N–H and O–H groups in total. The normalized spacial score (nSPS) is 22.3. The van der Waals surface area contributed by atoms with Crippen molar-refractivity contribution in [2.75, 3.05) is 0 Å². The topological polar surface area (TPSA) is 95.3 Å². The number of alkyl halides is 2. The van der Waals surface area contributed by atoms with Gasteiger partial charge in [0.15, 0.2) is 0 Å². The van der Waals surface area contributed by atoms with E-state index >= 15 is 0 Å². The molecule has 5 heterocycles. The minimum Gasteiger partial charge on any atom is -0.473 e. The lowest BCUT2D eigenvalue weighted by Gasteiger charge is -2.39. The van der Waals surface area contributed by atoms with E-state index in [2.05, 4.69) is 20.3 Å². The van der Waals surface area contributed by atoms with E-state index in [1.54, 1.807) is 44.5 Å². The van der Waals surface area contributed by atoms with E-state index in [1.807, 2.05) is 6.07 Å². The van der Waals surface area contributed by atoms with Gasteiger partial charge in [0.1, 0.15) is 23.3 Å². The Kier molecular flexibility index (Phi) is 6.01. The Hall–Kier alpha value is -3.74. The zero-order chi connectivity index (χ0) is 27.5. The van der Waals surface area contributed by atoms with Crippen LogP contribution < -0.4 is 4.74 Å². The number of hydrogen-bond donors (Lipinski definition) is 0. The number of thiazole rings is 1. The summed E-state index contributed by atoms with van der Waals surface area (Å²) in [6.07, 6.45) is 0.0294. The molecule has 9 nitrogen and oxygen atoms in total. The van der Waals surface area contributed by atoms with Crippen molar-refractivity contribution in [3.8, 4) is 22.8 Å². The van der Waals surface area contributed by atoms with Crippen LogP contribution >= 0.6 is 11.3 Å². The van der Waals surface area contributed by atoms with Crippen molar-refractivity contribution in [2.24, 2.45) is 0 Å². The number of fused-ring (bicyclic) bond motifs is 3. The van der Waals surface area contributed by atoms with Gasteiger partial charge >= 0.3 is 6.09 Å². The molecule has 1 amide bonds. The SMILES string of the molecule is CC(C)(C)OC(=O)N1C2CC(Oc3ccc(-c4ccc(-n5ccc(F)n5)c5ncsc45)nn3)CC1C(F)(F)C2. The third-order valence-electron chi connectivity index (χ3n) is 6.82. The molecule has 2 fully saturated rings. The zero-order valence-electron chi connectivity index (χ0n) is 21.3. The molecule has 2 aliphatic rings. The molecule has 0 saturated carbocycles. The first-order valence-corrected chi connectivity index (χ1v) is 13.3. The van der Waals surface area contributed by atoms with Crippen LogP contribution in [0.5, 0.6) is 5.88 Å². The van der Waals surface area contributed by atoms with Crippen molar-refractivity contribution in [2.45, 2.75) is 69.7 Å². The fraction of sp³-hybridized carbons (Fsp3) is 0.423. The number of hydrogen-bond acceptors (Lipinski definition) is 8. The highest BCUT2D eigenvalue weighted by molar-refractivity contribution is 7.17. The molecular formula is C26H25F3N6O3S. The third-order valence-corrected chi connectivity index (χ3v) is 7.68. The summed E-state index contributed by atoms with van der Waals surface area (Å²) in [4.78, 5) is 18.3. The summed E-state index contributed by atoms with van der Waals surface area (Å²) in [5.41, 5.74) is 3.55. The number of amides is 1. The number of benzene rings is 1. The number of aromatic nitrogens is 5. The molecule has 0 radical (unpaired) electrons. The highest BCUT2D eigenvalue weighted by Gasteiger charge is 2.60. The Morgan fingerprint density at radius 3 is 2.62 bits per heavy atom. The number of halogens is 3. The molecule has 1 aromatic carbocycles. The number of nitrogens with zero attached hydrogens (tertiary/aromatic N) is 6. The molecule has 4 aromatic rings. The quantitative estimate of drug-likeness (QED) is 0.320. The van der Waals surface area contributed by atoms with Crippen LogP contribution in [-0.2, 0) is 4.74 Å². The van der Waals surface area contributed by atoms with Gasteiger partial charge in [-0.1, -0.05) is 0 Å². The minimum absolute atomic E-state index is 0.0385. The van der Waals surface area contributed by atoms with Crippen LogP contribution in [0.1, 0.15) is 40.0 Å². The number of piperidine rings is 1. The average molecular weight is 559 g/mol. The predicted octanol–water partition coefficient (Wildman–Crippen LogP) is 5.63. The fourth-order valence-corrected chi connectivity index (χ4v) is 6.11. The molecule has 2 aliphatic heterocycles. The average Bonchev–Trinajstić information content (AvgIpc) is 3.55. The monoisotopic (exact) mass is 558 g/mol. The first-order valence-electron chi connectivity index (χ1n) is 12.5. The summed E-state index contributed by atoms with van der Waals surface area (Å²) in [6.45, 7) is 5.12. The number of carbonyl (C=O) groups is 1. The highest BCUT2D eigenvalue weighted by Crippen LogP contribution is 2.47. The molecule has 6 rings (SSSR count). The van der Waals surface area contributed by atoms with Crippen molar-refractivity contribution < 1.29 is 27.4 Å². The Balaban J connectivity index is 1.19. The van der Waals surface area contributed by atoms with Crippen molar-refractivity contribution in [3.63, 3.8) is 0 Å². The lowest BCUT2D eigenvalue weighted by Crippen LogP contribution is -2.53. The molecule has 13 heteroatoms. The second-order valence-electron chi connectivity index (χ2n) is 10.7. The highest BCUT2D eigenvalue weighted by atomic mass is 32.1. The van der Waals surface area contributed by atoms with Crippen LogP contribution in [0.25, 0.3) is 27.2 Å². The second-order valence-corrected chi connectivity index (χ2v) is 11.6. The van der Waals surface area contributed by atoms with Gasteiger partial charge in [0, 0.05) is 49.2 Å². The van der Waals surface area contributed by atoms with Crippen LogP contribution in [0, 0.1) is 5.95 Å². The number of rotatable bonds is 4. The van der Waals surface area contributed by atoms with Crippen molar-refractivity contribution in [1.29, 1.82) is 0 Å². The lowest BCUT2D eigenvalue weighted by atomic mass is 9.99. The Bertz CT molecular complexity index is 1530. The maximum atomic E-state index is 14.8. The van der Waals surface area contributed by atoms with Crippen molar-refractivity contribution >= 4 is 27.6 Å². The van der Waals surface area contributed by atoms with Crippen LogP contribution in [0.3, 0.4) is 0 Å². The zero-order valence-corrected chi connectivity index (χ0v) is 22.2. The van der Waals surface area contributed by atoms with Crippen LogP contribution in [0.4, 0.5) is 18.0 Å². The number of ether oxygens (including phenoxy) is 2. The van der Waals surface area contributed by atoms with Gasteiger partial charge in [-0.2, -0.15) is 4.39 Å². The van der Waals surface area contributed by atoms with Crippen molar-refractivity contribution in [1.82, 2.24) is 29.9 Å². The van der Waals surface area contributed by atoms with E-state index in [0.29, 0.717) is 16.9 Å². The molecule has 39 heavy (non-hydrogen) atoms. The molecule has 0 spiro atoms. The first kappa shape index (κ1) is 25.5. The van der Waals surface area contributed by atoms with Crippen LogP contribution in [0.15, 0.2) is 42.0 Å². The molecule has 2 bridgehead atoms. The van der Waals surface area contributed by atoms with E-state index < -0.39 is 48.2 Å². The van der Waals surface area contributed by atoms with Gasteiger partial charge in [0.25, 0.3) is 5.92 Å². The standard InChI is InChI=1S/C26H25F3N6O3S/c1-25(2,3)38-24(36)35-14-10-15(11-19(35)26(28,29)12-14)37-21-7-5-17(31-32-21)16-4-6-18(22-23(16)39-13-30-22)34-9-8-20(27)33-34/h4-9,13-15,19H,10-12H2,1-3H3. The summed E-state index contributed by atoms with van der Waals surface area (Å²) in [7, 11) is 0. The van der Waals surface area contributed by atoms with E-state index in [1.165, 1.54) is 33.2 Å². The number of carbonyl (C=O) groups excluding carboxylic acids is 1. The largest absolute Gasteiger partial charge is 0.473 e. The van der Waals surface area contributed by atoms with Crippen molar-refractivity contribution in [3.05, 3.63) is 48.0 Å². The van der Waals surface area contributed by atoms with Gasteiger partial charge < -0.3 is 9.47 Å². The molecule has 0 aliphatic carbocycles. The van der Waals surface area contributed by atoms with Gasteiger partial charge in [-0.05, 0) is 39.0 Å².